The molecule has 0 saturated carbocycles. The van der Waals surface area contributed by atoms with Crippen molar-refractivity contribution in [1.82, 2.24) is 63.8 Å². The Morgan fingerprint density at radius 1 is 0.538 bits per heavy atom. The first kappa shape index (κ1) is 77.0. The summed E-state index contributed by atoms with van der Waals surface area (Å²) < 4.78 is 169. The molecule has 93 heavy (non-hydrogen) atoms. The second-order valence-electron chi connectivity index (χ2n) is 21.2. The lowest BCUT2D eigenvalue weighted by Gasteiger charge is -2.40. The lowest BCUT2D eigenvalue weighted by Crippen LogP contribution is -2.56. The molecule has 36 heteroatoms. The Balaban J connectivity index is 0.000000251. The Labute approximate surface area is 580 Å². The number of halogens is 16. The van der Waals surface area contributed by atoms with Gasteiger partial charge in [0.25, 0.3) is 11.8 Å². The van der Waals surface area contributed by atoms with Crippen molar-refractivity contribution in [2.45, 2.75) is 70.8 Å². The number of nitrogens with zero attached hydrogens (tertiary/aromatic N) is 12. The third-order valence-electron chi connectivity index (χ3n) is 13.5. The highest BCUT2D eigenvalue weighted by Crippen LogP contribution is 2.38. The molecule has 2 aliphatic rings. The van der Waals surface area contributed by atoms with Gasteiger partial charge in [-0.3, -0.25) is 9.59 Å². The number of alkyl halides is 9. The first-order chi connectivity index (χ1) is 42.2. The van der Waals surface area contributed by atoms with Crippen LogP contribution < -0.4 is 5.32 Å². The van der Waals surface area contributed by atoms with Crippen molar-refractivity contribution in [1.29, 1.82) is 0 Å². The van der Waals surface area contributed by atoms with E-state index in [0.717, 1.165) is 80.5 Å². The normalized spacial score (nSPS) is 15.1. The van der Waals surface area contributed by atoms with E-state index in [4.69, 9.17) is 9.84 Å². The average Bonchev–Trinajstić information content (AvgIpc) is 1.70. The van der Waals surface area contributed by atoms with Gasteiger partial charge < -0.3 is 29.9 Å². The van der Waals surface area contributed by atoms with E-state index in [0.29, 0.717) is 25.2 Å². The zero-order valence-electron chi connectivity index (χ0n) is 48.8. The molecule has 0 aliphatic carbocycles. The molecule has 19 nitrogen and oxygen atoms in total. The number of carbonyl (C=O) groups is 4. The zero-order valence-corrected chi connectivity index (χ0v) is 57.8. The molecule has 3 amide bonds. The molecule has 3 aromatic carbocycles. The molecule has 495 valence electrons. The maximum atomic E-state index is 13.8. The van der Waals surface area contributed by atoms with Crippen molar-refractivity contribution in [3.05, 3.63) is 161 Å². The molecule has 3 radical (unpaired) electrons. The summed E-state index contributed by atoms with van der Waals surface area (Å²) in [6.07, 6.45) is -11.5. The van der Waals surface area contributed by atoms with Crippen molar-refractivity contribution in [2.75, 3.05) is 39.3 Å². The summed E-state index contributed by atoms with van der Waals surface area (Å²) in [6.45, 7) is 10.9. The highest BCUT2D eigenvalue weighted by molar-refractivity contribution is 15.0. The van der Waals surface area contributed by atoms with Gasteiger partial charge in [-0.25, -0.2) is 51.3 Å². The number of piperazine rings is 2. The minimum atomic E-state index is -4.77. The molecule has 9 aromatic rings. The van der Waals surface area contributed by atoms with Crippen LogP contribution in [-0.2, 0) is 23.3 Å². The lowest BCUT2D eigenvalue weighted by molar-refractivity contribution is -0.137. The Hall–Kier alpha value is -6.70. The summed E-state index contributed by atoms with van der Waals surface area (Å²) in [4.78, 5) is 65.0. The van der Waals surface area contributed by atoms with Gasteiger partial charge in [-0.1, -0.05) is 0 Å². The topological polar surface area (TPSA) is 210 Å². The van der Waals surface area contributed by atoms with E-state index < -0.39 is 105 Å². The van der Waals surface area contributed by atoms with E-state index >= 15 is 0 Å². The molecule has 2 atom stereocenters. The van der Waals surface area contributed by atoms with Gasteiger partial charge in [0.15, 0.2) is 22.6 Å². The lowest BCUT2D eigenvalue weighted by atomic mass is 10.1. The van der Waals surface area contributed by atoms with Crippen LogP contribution in [0.25, 0.3) is 50.7 Å². The molecular weight excluding hydrogens is 1710 g/mol. The van der Waals surface area contributed by atoms with Gasteiger partial charge in [-0.15, -0.1) is 48.0 Å². The number of benzene rings is 3. The van der Waals surface area contributed by atoms with Gasteiger partial charge in [0, 0.05) is 114 Å². The summed E-state index contributed by atoms with van der Waals surface area (Å²) in [7, 11) is 0. The number of carboxylic acid groups (broad SMARTS) is 1. The number of hydrogen-bond acceptors (Lipinski definition) is 12. The number of ether oxygens (including phenoxy) is 1. The fraction of sp³-hybridized carbons (Fsp3) is 0.298. The third kappa shape index (κ3) is 18.8. The van der Waals surface area contributed by atoms with Crippen LogP contribution in [-0.4, -0.2) is 153 Å². The summed E-state index contributed by atoms with van der Waals surface area (Å²) in [6, 6.07) is 16.7. The molecule has 8 heterocycles. The highest BCUT2D eigenvalue weighted by Gasteiger charge is 2.40. The maximum Gasteiger partial charge on any atom is 0.420 e. The number of carbonyl (C=O) groups excluding carboxylic acids is 3. The zero-order chi connectivity index (χ0) is 65.9. The van der Waals surface area contributed by atoms with Crippen molar-refractivity contribution in [2.24, 2.45) is 0 Å². The second kappa shape index (κ2) is 31.2. The molecule has 2 saturated heterocycles. The number of aromatic nitrogens is 9. The number of amides is 3. The van der Waals surface area contributed by atoms with E-state index in [2.05, 4.69) is 72.8 Å². The van der Waals surface area contributed by atoms with Crippen LogP contribution >= 0.6 is 85.2 Å². The fourth-order valence-corrected chi connectivity index (χ4v) is 9.33. The van der Waals surface area contributed by atoms with Crippen LogP contribution in [0.3, 0.4) is 0 Å². The highest BCUT2D eigenvalue weighted by atomic mass is 128. The van der Waals surface area contributed by atoms with E-state index in [1.54, 1.807) is 32.6 Å². The molecule has 6 aromatic heterocycles. The Morgan fingerprint density at radius 3 is 1.18 bits per heavy atom. The van der Waals surface area contributed by atoms with E-state index in [1.165, 1.54) is 52.4 Å². The van der Waals surface area contributed by atoms with E-state index in [-0.39, 0.29) is 128 Å². The Kier molecular flexibility index (Phi) is 25.9. The minimum absolute atomic E-state index is 0. The summed E-state index contributed by atoms with van der Waals surface area (Å²) >= 11 is 4.24. The fourth-order valence-electron chi connectivity index (χ4n) is 9.33. The summed E-state index contributed by atoms with van der Waals surface area (Å²) in [5.74, 6) is -4.07. The average molecular weight is 1760 g/mol. The largest absolute Gasteiger partial charge is 0.476 e. The summed E-state index contributed by atoms with van der Waals surface area (Å²) in [5.41, 5.74) is -5.61. The van der Waals surface area contributed by atoms with Gasteiger partial charge in [0.1, 0.15) is 51.1 Å². The molecule has 0 unspecified atom stereocenters. The van der Waals surface area contributed by atoms with Gasteiger partial charge >= 0.3 is 30.6 Å². The van der Waals surface area contributed by atoms with Gasteiger partial charge in [0.05, 0.1) is 35.7 Å². The number of nitrogens with one attached hydrogen (secondary N) is 1. The van der Waals surface area contributed by atoms with Crippen LogP contribution in [0.4, 0.5) is 57.5 Å². The molecule has 0 spiro atoms. The number of aromatic carboxylic acids is 1. The second-order valence-corrected chi connectivity index (χ2v) is 21.2. The summed E-state index contributed by atoms with van der Waals surface area (Å²) in [5, 5.41) is 24.3. The SMILES string of the molecule is C[C@H]1CN(C(=O)c2cn3nc(-c4ccc(F)cc4)cc(C(F)(F)F)c3n2)CCN1.C[C@H]1CN(C(=O)c2cn3nc(-c4ccc(F)cc4)cc(C(F)(F)F)c3n2)CCN1C(=O)OC(C)(C)C.I.I.II.O=C(O)c1cn2nc(-c3ccc(F)cc3)cc(C(F)(F)F)c2n1.[B]. The number of fused-ring (bicyclic) bond motifs is 3. The van der Waals surface area contributed by atoms with Crippen LogP contribution in [0.2, 0.25) is 0 Å². The maximum absolute atomic E-state index is 13.8. The van der Waals surface area contributed by atoms with Crippen molar-refractivity contribution in [3.8, 4) is 33.8 Å². The molecule has 2 fully saturated rings. The van der Waals surface area contributed by atoms with Crippen LogP contribution in [0.5, 0.6) is 0 Å². The van der Waals surface area contributed by atoms with E-state index in [1.807, 2.05) is 6.92 Å². The molecule has 2 aliphatic heterocycles. The van der Waals surface area contributed by atoms with Gasteiger partial charge in [0.2, 0.25) is 0 Å². The van der Waals surface area contributed by atoms with Crippen molar-refractivity contribution < 1.29 is 81.7 Å². The predicted molar refractivity (Wildman–Crippen MR) is 353 cm³/mol. The predicted octanol–water partition coefficient (Wildman–Crippen LogP) is 13.5. The number of rotatable bonds is 6. The van der Waals surface area contributed by atoms with E-state index in [9.17, 15) is 71.9 Å². The molecule has 11 rings (SSSR count). The quantitative estimate of drug-likeness (QED) is 0.0903. The Bertz CT molecular complexity index is 4120. The first-order valence-electron chi connectivity index (χ1n) is 26.6. The first-order valence-corrected chi connectivity index (χ1v) is 32.9. The van der Waals surface area contributed by atoms with Crippen molar-refractivity contribution >= 4 is 134 Å². The van der Waals surface area contributed by atoms with Crippen LogP contribution in [0.1, 0.15) is 82.8 Å². The van der Waals surface area contributed by atoms with Crippen molar-refractivity contribution in [3.63, 3.8) is 0 Å². The van der Waals surface area contributed by atoms with Crippen LogP contribution in [0, 0.1) is 17.5 Å². The standard InChI is InChI=1S/C24H25F4N5O3.C19H17F4N5O.C14H7F4N3O2.B.I2.2HI/c1-14-12-31(9-10-32(14)22(35)36-23(2,3)4)21(34)19-13-33-20(29-19)17(24(26,27)28)11-18(30-33)15-5-7-16(25)8-6-15;1-11-9-27(7-6-24-11)18(29)16-10-28-17(25-16)14(19(21,22)23)8-15(26-28)12-2-4-13(20)5-3-12;15-8-3-1-7(2-4-8)10-5-9(14(16,17)18)12-19-11(13(22)23)6-21(12)20-10;;1-2;;/h5-8,11,13-14H,9-10,12H2,1-4H3;2-5,8,10-11,24H,6-7,9H2,1H3;1-6H,(H,22,23);;;2*1H/t14-;11-;;;;;/m00...../s1. The van der Waals surface area contributed by atoms with Gasteiger partial charge in [-0.05, 0) is 126 Å². The number of imidazole rings is 3. The monoisotopic (exact) mass is 1760 g/mol. The smallest absolute Gasteiger partial charge is 0.420 e. The molecule has 0 bridgehead atoms. The molecular formula is C57H51BF12I4N13O6. The number of carboxylic acids is 1. The third-order valence-corrected chi connectivity index (χ3v) is 13.5. The number of hydrogen-bond donors (Lipinski definition) is 2. The Morgan fingerprint density at radius 2 is 0.871 bits per heavy atom. The molecule has 2 N–H and O–H groups in total. The van der Waals surface area contributed by atoms with Crippen LogP contribution in [0.15, 0.2) is 110 Å². The minimum Gasteiger partial charge on any atom is -0.476 e. The van der Waals surface area contributed by atoms with Gasteiger partial charge in [-0.2, -0.15) is 54.8 Å².